The Morgan fingerprint density at radius 2 is 2.00 bits per heavy atom. The number of amides is 1. The molecule has 0 bridgehead atoms. The number of carbonyl (C=O) groups excluding carboxylic acids is 2. The van der Waals surface area contributed by atoms with Crippen LogP contribution >= 0.6 is 0 Å². The number of esters is 1. The topological polar surface area (TPSA) is 55.4 Å². The first kappa shape index (κ1) is 13.2. The van der Waals surface area contributed by atoms with Crippen LogP contribution in [0.3, 0.4) is 0 Å². The van der Waals surface area contributed by atoms with Gasteiger partial charge >= 0.3 is 5.97 Å². The summed E-state index contributed by atoms with van der Waals surface area (Å²) >= 11 is 0. The number of carbonyl (C=O) groups is 2. The third-order valence-electron chi connectivity index (χ3n) is 2.38. The lowest BCUT2D eigenvalue weighted by atomic mass is 10.1. The summed E-state index contributed by atoms with van der Waals surface area (Å²) in [5.41, 5.74) is 1.84. The second kappa shape index (κ2) is 6.68. The SMILES string of the molecule is COC(=O)CCCc1ccccc1NC(C)=O. The number of para-hydroxylation sites is 1. The van der Waals surface area contributed by atoms with E-state index in [0.29, 0.717) is 12.8 Å². The Kier molecular flexibility index (Phi) is 5.20. The third-order valence-corrected chi connectivity index (χ3v) is 2.38. The second-order valence-electron chi connectivity index (χ2n) is 3.77. The highest BCUT2D eigenvalue weighted by Crippen LogP contribution is 2.17. The molecular weight excluding hydrogens is 218 g/mol. The van der Waals surface area contributed by atoms with Crippen LogP contribution in [-0.2, 0) is 20.7 Å². The Morgan fingerprint density at radius 1 is 1.29 bits per heavy atom. The van der Waals surface area contributed by atoms with Crippen LogP contribution in [0.15, 0.2) is 24.3 Å². The normalized spacial score (nSPS) is 9.76. The summed E-state index contributed by atoms with van der Waals surface area (Å²) in [6, 6.07) is 7.59. The Morgan fingerprint density at radius 3 is 2.65 bits per heavy atom. The first-order chi connectivity index (χ1) is 8.13. The standard InChI is InChI=1S/C13H17NO3/c1-10(15)14-12-8-4-3-6-11(12)7-5-9-13(16)17-2/h3-4,6,8H,5,7,9H2,1-2H3,(H,14,15). The van der Waals surface area contributed by atoms with Gasteiger partial charge in [0.25, 0.3) is 0 Å². The van der Waals surface area contributed by atoms with Crippen molar-refractivity contribution in [1.29, 1.82) is 0 Å². The summed E-state index contributed by atoms with van der Waals surface area (Å²) in [6.07, 6.45) is 1.85. The van der Waals surface area contributed by atoms with Gasteiger partial charge in [-0.3, -0.25) is 9.59 Å². The molecule has 0 radical (unpaired) electrons. The molecule has 0 aliphatic heterocycles. The first-order valence-electron chi connectivity index (χ1n) is 5.56. The zero-order valence-corrected chi connectivity index (χ0v) is 10.2. The van der Waals surface area contributed by atoms with Gasteiger partial charge in [0.15, 0.2) is 0 Å². The summed E-state index contributed by atoms with van der Waals surface area (Å²) in [5.74, 6) is -0.299. The first-order valence-corrected chi connectivity index (χ1v) is 5.56. The molecule has 0 unspecified atom stereocenters. The fourth-order valence-electron chi connectivity index (χ4n) is 1.58. The smallest absolute Gasteiger partial charge is 0.305 e. The lowest BCUT2D eigenvalue weighted by molar-refractivity contribution is -0.140. The number of anilines is 1. The van der Waals surface area contributed by atoms with Crippen molar-refractivity contribution < 1.29 is 14.3 Å². The van der Waals surface area contributed by atoms with Gasteiger partial charge < -0.3 is 10.1 Å². The predicted octanol–water partition coefficient (Wildman–Crippen LogP) is 2.14. The van der Waals surface area contributed by atoms with Crippen LogP contribution in [0.4, 0.5) is 5.69 Å². The molecule has 0 aromatic heterocycles. The van der Waals surface area contributed by atoms with E-state index in [0.717, 1.165) is 17.7 Å². The quantitative estimate of drug-likeness (QED) is 0.795. The van der Waals surface area contributed by atoms with Crippen molar-refractivity contribution in [2.75, 3.05) is 12.4 Å². The van der Waals surface area contributed by atoms with E-state index in [4.69, 9.17) is 0 Å². The minimum atomic E-state index is -0.206. The number of hydrogen-bond donors (Lipinski definition) is 1. The zero-order chi connectivity index (χ0) is 12.7. The van der Waals surface area contributed by atoms with Crippen molar-refractivity contribution in [2.45, 2.75) is 26.2 Å². The summed E-state index contributed by atoms with van der Waals surface area (Å²) in [6.45, 7) is 1.48. The molecule has 0 saturated heterocycles. The van der Waals surface area contributed by atoms with Crippen LogP contribution in [0.1, 0.15) is 25.3 Å². The molecule has 0 aliphatic rings. The van der Waals surface area contributed by atoms with E-state index >= 15 is 0 Å². The van der Waals surface area contributed by atoms with E-state index in [1.807, 2.05) is 24.3 Å². The molecule has 4 nitrogen and oxygen atoms in total. The molecule has 1 aromatic carbocycles. The number of methoxy groups -OCH3 is 1. The van der Waals surface area contributed by atoms with Gasteiger partial charge in [0, 0.05) is 19.0 Å². The molecule has 92 valence electrons. The van der Waals surface area contributed by atoms with Gasteiger partial charge in [0.1, 0.15) is 0 Å². The number of rotatable bonds is 5. The Hall–Kier alpha value is -1.84. The predicted molar refractivity (Wildman–Crippen MR) is 65.7 cm³/mol. The summed E-state index contributed by atoms with van der Waals surface area (Å²) in [7, 11) is 1.38. The average Bonchev–Trinajstić information content (AvgIpc) is 2.30. The molecule has 0 saturated carbocycles. The van der Waals surface area contributed by atoms with Crippen molar-refractivity contribution in [1.82, 2.24) is 0 Å². The Balaban J connectivity index is 2.57. The lowest BCUT2D eigenvalue weighted by Gasteiger charge is -2.09. The van der Waals surface area contributed by atoms with Gasteiger partial charge in [-0.25, -0.2) is 0 Å². The van der Waals surface area contributed by atoms with E-state index in [2.05, 4.69) is 10.1 Å². The van der Waals surface area contributed by atoms with Crippen LogP contribution in [0.5, 0.6) is 0 Å². The number of hydrogen-bond acceptors (Lipinski definition) is 3. The maximum absolute atomic E-state index is 11.0. The lowest BCUT2D eigenvalue weighted by Crippen LogP contribution is -2.08. The van der Waals surface area contributed by atoms with Crippen molar-refractivity contribution in [3.63, 3.8) is 0 Å². The highest BCUT2D eigenvalue weighted by Gasteiger charge is 2.05. The molecule has 0 heterocycles. The van der Waals surface area contributed by atoms with Gasteiger partial charge in [-0.15, -0.1) is 0 Å². The highest BCUT2D eigenvalue weighted by molar-refractivity contribution is 5.89. The molecule has 0 atom stereocenters. The van der Waals surface area contributed by atoms with E-state index in [-0.39, 0.29) is 11.9 Å². The zero-order valence-electron chi connectivity index (χ0n) is 10.2. The van der Waals surface area contributed by atoms with E-state index in [9.17, 15) is 9.59 Å². The second-order valence-corrected chi connectivity index (χ2v) is 3.77. The molecule has 1 N–H and O–H groups in total. The fraction of sp³-hybridized carbons (Fsp3) is 0.385. The van der Waals surface area contributed by atoms with Crippen molar-refractivity contribution >= 4 is 17.6 Å². The minimum Gasteiger partial charge on any atom is -0.469 e. The van der Waals surface area contributed by atoms with Crippen molar-refractivity contribution in [3.8, 4) is 0 Å². The average molecular weight is 235 g/mol. The van der Waals surface area contributed by atoms with Crippen LogP contribution in [0, 0.1) is 0 Å². The molecule has 0 fully saturated rings. The molecule has 1 aromatic rings. The Labute approximate surface area is 101 Å². The van der Waals surface area contributed by atoms with Gasteiger partial charge in [0.2, 0.25) is 5.91 Å². The maximum Gasteiger partial charge on any atom is 0.305 e. The van der Waals surface area contributed by atoms with Crippen molar-refractivity contribution in [3.05, 3.63) is 29.8 Å². The largest absolute Gasteiger partial charge is 0.469 e. The molecule has 0 aliphatic carbocycles. The van der Waals surface area contributed by atoms with Crippen LogP contribution in [0.25, 0.3) is 0 Å². The fourth-order valence-corrected chi connectivity index (χ4v) is 1.58. The van der Waals surface area contributed by atoms with Gasteiger partial charge in [-0.2, -0.15) is 0 Å². The number of benzene rings is 1. The molecular formula is C13H17NO3. The van der Waals surface area contributed by atoms with Crippen LogP contribution < -0.4 is 5.32 Å². The van der Waals surface area contributed by atoms with Gasteiger partial charge in [0.05, 0.1) is 7.11 Å². The summed E-state index contributed by atoms with van der Waals surface area (Å²) in [4.78, 5) is 22.0. The third kappa shape index (κ3) is 4.68. The van der Waals surface area contributed by atoms with Gasteiger partial charge in [-0.1, -0.05) is 18.2 Å². The van der Waals surface area contributed by atoms with E-state index < -0.39 is 0 Å². The molecule has 1 amide bonds. The highest BCUT2D eigenvalue weighted by atomic mass is 16.5. The Bertz CT molecular complexity index is 401. The molecule has 4 heteroatoms. The minimum absolute atomic E-state index is 0.0922. The number of ether oxygens (including phenoxy) is 1. The monoisotopic (exact) mass is 235 g/mol. The molecule has 1 rings (SSSR count). The summed E-state index contributed by atoms with van der Waals surface area (Å²) in [5, 5.41) is 2.77. The molecule has 0 spiro atoms. The van der Waals surface area contributed by atoms with Crippen LogP contribution in [-0.4, -0.2) is 19.0 Å². The molecule has 17 heavy (non-hydrogen) atoms. The van der Waals surface area contributed by atoms with Crippen molar-refractivity contribution in [2.24, 2.45) is 0 Å². The maximum atomic E-state index is 11.0. The van der Waals surface area contributed by atoms with E-state index in [1.54, 1.807) is 0 Å². The van der Waals surface area contributed by atoms with Gasteiger partial charge in [-0.05, 0) is 24.5 Å². The van der Waals surface area contributed by atoms with E-state index in [1.165, 1.54) is 14.0 Å². The summed E-state index contributed by atoms with van der Waals surface area (Å²) < 4.78 is 4.57. The number of nitrogens with one attached hydrogen (secondary N) is 1. The number of aryl methyl sites for hydroxylation is 1. The van der Waals surface area contributed by atoms with Crippen LogP contribution in [0.2, 0.25) is 0 Å².